The van der Waals surface area contributed by atoms with E-state index >= 15 is 4.39 Å². The van der Waals surface area contributed by atoms with Crippen LogP contribution in [0.4, 0.5) is 4.39 Å². The van der Waals surface area contributed by atoms with Gasteiger partial charge in [0.05, 0.1) is 6.54 Å². The number of rotatable bonds is 6. The lowest BCUT2D eigenvalue weighted by atomic mass is 9.72. The fourth-order valence-electron chi connectivity index (χ4n) is 8.26. The van der Waals surface area contributed by atoms with E-state index in [-0.39, 0.29) is 17.8 Å². The van der Waals surface area contributed by atoms with Crippen molar-refractivity contribution in [3.8, 4) is 0 Å². The first-order valence-electron chi connectivity index (χ1n) is 16.0. The first kappa shape index (κ1) is 28.5. The zero-order chi connectivity index (χ0) is 29.0. The summed E-state index contributed by atoms with van der Waals surface area (Å²) in [6.07, 6.45) is 7.91. The molecule has 4 saturated heterocycles. The molecule has 224 valence electrons. The van der Waals surface area contributed by atoms with E-state index in [9.17, 15) is 4.79 Å². The molecule has 0 aromatic heterocycles. The average molecular weight is 591 g/mol. The summed E-state index contributed by atoms with van der Waals surface area (Å²) in [6, 6.07) is 13.3. The van der Waals surface area contributed by atoms with Crippen molar-refractivity contribution in [3.63, 3.8) is 0 Å². The number of hydrogen-bond acceptors (Lipinski definition) is 4. The van der Waals surface area contributed by atoms with Gasteiger partial charge in [-0.2, -0.15) is 0 Å². The maximum absolute atomic E-state index is 15.9. The van der Waals surface area contributed by atoms with Crippen LogP contribution in [0.3, 0.4) is 0 Å². The third-order valence-corrected chi connectivity index (χ3v) is 11.0. The highest BCUT2D eigenvalue weighted by Gasteiger charge is 2.41. The van der Waals surface area contributed by atoms with Crippen molar-refractivity contribution in [3.05, 3.63) is 75.1 Å². The van der Waals surface area contributed by atoms with Crippen molar-refractivity contribution >= 4 is 23.1 Å². The van der Waals surface area contributed by atoms with Crippen LogP contribution in [-0.2, 0) is 13.1 Å². The average Bonchev–Trinajstić information content (AvgIpc) is 3.33. The van der Waals surface area contributed by atoms with Crippen molar-refractivity contribution in [2.24, 2.45) is 5.41 Å². The summed E-state index contributed by atoms with van der Waals surface area (Å²) < 4.78 is 15.9. The molecule has 0 saturated carbocycles. The topological polar surface area (TPSA) is 38.8 Å². The van der Waals surface area contributed by atoms with Crippen molar-refractivity contribution in [1.29, 1.82) is 0 Å². The minimum Gasteiger partial charge on any atom is -0.330 e. The van der Waals surface area contributed by atoms with E-state index in [0.717, 1.165) is 69.0 Å². The Morgan fingerprint density at radius 3 is 2.40 bits per heavy atom. The van der Waals surface area contributed by atoms with Crippen LogP contribution in [0.2, 0.25) is 5.02 Å². The molecule has 42 heavy (non-hydrogen) atoms. The van der Waals surface area contributed by atoms with Crippen molar-refractivity contribution in [2.45, 2.75) is 90.0 Å². The van der Waals surface area contributed by atoms with E-state index < -0.39 is 0 Å². The molecule has 2 aromatic carbocycles. The molecule has 5 heterocycles. The summed E-state index contributed by atoms with van der Waals surface area (Å²) in [7, 11) is 0. The van der Waals surface area contributed by atoms with Gasteiger partial charge in [0.2, 0.25) is 0 Å². The van der Waals surface area contributed by atoms with Gasteiger partial charge in [-0.05, 0) is 86.2 Å². The Morgan fingerprint density at radius 2 is 1.71 bits per heavy atom. The standard InChI is InChI=1S/C35H44ClFN4O/c1-35(2)14-13-24(31(16-35)23-5-8-26(36)9-6-23)18-39-20-29-11-10-28(39)21-40(29)19-25-7-12-30-32(33(25)37)22-41(34(30)42)27-4-3-15-38-17-27/h5-9,12,27-29,38H,3-4,10-11,13-22H2,1-2H3. The quantitative estimate of drug-likeness (QED) is 0.417. The molecule has 7 heteroatoms. The number of halogens is 2. The summed E-state index contributed by atoms with van der Waals surface area (Å²) in [5, 5.41) is 4.18. The molecule has 6 aliphatic rings. The minimum atomic E-state index is -0.159. The molecule has 1 aliphatic carbocycles. The first-order valence-corrected chi connectivity index (χ1v) is 16.4. The van der Waals surface area contributed by atoms with Crippen molar-refractivity contribution in [2.75, 3.05) is 32.7 Å². The first-order chi connectivity index (χ1) is 20.3. The molecule has 3 unspecified atom stereocenters. The maximum Gasteiger partial charge on any atom is 0.254 e. The molecule has 0 spiro atoms. The lowest BCUT2D eigenvalue weighted by Gasteiger charge is -2.52. The second-order valence-corrected chi connectivity index (χ2v) is 14.6. The van der Waals surface area contributed by atoms with E-state index in [1.54, 1.807) is 5.57 Å². The molecule has 8 rings (SSSR count). The maximum atomic E-state index is 15.9. The number of carbonyl (C=O) groups excluding carboxylic acids is 1. The summed E-state index contributed by atoms with van der Waals surface area (Å²) in [4.78, 5) is 20.2. The number of amides is 1. The summed E-state index contributed by atoms with van der Waals surface area (Å²) in [5.41, 5.74) is 6.63. The Kier molecular flexibility index (Phi) is 7.71. The van der Waals surface area contributed by atoms with Gasteiger partial charge in [-0.15, -0.1) is 0 Å². The highest BCUT2D eigenvalue weighted by Crippen LogP contribution is 2.44. The lowest BCUT2D eigenvalue weighted by molar-refractivity contribution is -0.0212. The number of hydrogen-bond donors (Lipinski definition) is 1. The number of piperidine rings is 3. The third-order valence-electron chi connectivity index (χ3n) is 10.8. The predicted octanol–water partition coefficient (Wildman–Crippen LogP) is 6.50. The number of nitrogens with one attached hydrogen (secondary N) is 1. The van der Waals surface area contributed by atoms with Crippen LogP contribution in [0.25, 0.3) is 5.57 Å². The highest BCUT2D eigenvalue weighted by molar-refractivity contribution is 6.30. The van der Waals surface area contributed by atoms with Gasteiger partial charge in [0.1, 0.15) is 5.82 Å². The van der Waals surface area contributed by atoms with Gasteiger partial charge in [0, 0.05) is 72.6 Å². The van der Waals surface area contributed by atoms with Crippen LogP contribution in [-0.4, -0.2) is 71.5 Å². The van der Waals surface area contributed by atoms with Crippen LogP contribution in [0.15, 0.2) is 42.0 Å². The number of benzene rings is 2. The van der Waals surface area contributed by atoms with Gasteiger partial charge < -0.3 is 10.2 Å². The Bertz CT molecular complexity index is 1380. The molecule has 3 atom stereocenters. The monoisotopic (exact) mass is 590 g/mol. The van der Waals surface area contributed by atoms with E-state index in [4.69, 9.17) is 11.6 Å². The summed E-state index contributed by atoms with van der Waals surface area (Å²) >= 11 is 6.22. The Morgan fingerprint density at radius 1 is 0.976 bits per heavy atom. The molecule has 2 aromatic rings. The molecular weight excluding hydrogens is 547 g/mol. The number of allylic oxidation sites excluding steroid dienone is 1. The zero-order valence-electron chi connectivity index (χ0n) is 25.1. The number of piperazine rings is 1. The molecule has 5 aliphatic heterocycles. The van der Waals surface area contributed by atoms with Crippen LogP contribution >= 0.6 is 11.6 Å². The number of carbonyl (C=O) groups is 1. The Hall–Kier alpha value is -2.25. The van der Waals surface area contributed by atoms with E-state index in [0.29, 0.717) is 41.7 Å². The lowest BCUT2D eigenvalue weighted by Crippen LogP contribution is -2.62. The highest BCUT2D eigenvalue weighted by atomic mass is 35.5. The molecular formula is C35H44ClFN4O. The van der Waals surface area contributed by atoms with Crippen LogP contribution < -0.4 is 5.32 Å². The van der Waals surface area contributed by atoms with E-state index in [1.807, 2.05) is 29.2 Å². The second-order valence-electron chi connectivity index (χ2n) is 14.2. The molecule has 0 radical (unpaired) electrons. The minimum absolute atomic E-state index is 0.00445. The third kappa shape index (κ3) is 5.45. The summed E-state index contributed by atoms with van der Waals surface area (Å²) in [6.45, 7) is 10.7. The van der Waals surface area contributed by atoms with Crippen molar-refractivity contribution < 1.29 is 9.18 Å². The molecule has 2 bridgehead atoms. The fraction of sp³-hybridized carbons (Fsp3) is 0.571. The fourth-order valence-corrected chi connectivity index (χ4v) is 8.38. The van der Waals surface area contributed by atoms with Gasteiger partial charge >= 0.3 is 0 Å². The van der Waals surface area contributed by atoms with Gasteiger partial charge in [0.15, 0.2) is 0 Å². The van der Waals surface area contributed by atoms with E-state index in [1.165, 1.54) is 30.4 Å². The van der Waals surface area contributed by atoms with Crippen LogP contribution in [0, 0.1) is 11.2 Å². The van der Waals surface area contributed by atoms with Gasteiger partial charge in [0.25, 0.3) is 5.91 Å². The smallest absolute Gasteiger partial charge is 0.254 e. The molecule has 4 fully saturated rings. The van der Waals surface area contributed by atoms with E-state index in [2.05, 4.69) is 41.1 Å². The van der Waals surface area contributed by atoms with Gasteiger partial charge in [-0.3, -0.25) is 14.6 Å². The van der Waals surface area contributed by atoms with Crippen molar-refractivity contribution in [1.82, 2.24) is 20.0 Å². The number of nitrogens with zero attached hydrogens (tertiary/aromatic N) is 3. The SMILES string of the molecule is CC1(C)CCC(CN2CC3CCC2CN3Cc2ccc3c(c2F)CN(C2CCCNC2)C3=O)=C(c2ccc(Cl)cc2)C1. The molecule has 5 nitrogen and oxygen atoms in total. The zero-order valence-corrected chi connectivity index (χ0v) is 25.9. The van der Waals surface area contributed by atoms with Gasteiger partial charge in [-0.25, -0.2) is 4.39 Å². The van der Waals surface area contributed by atoms with Crippen LogP contribution in [0.1, 0.15) is 85.8 Å². The van der Waals surface area contributed by atoms with Gasteiger partial charge in [-0.1, -0.05) is 49.2 Å². The number of fused-ring (bicyclic) bond motifs is 4. The second kappa shape index (κ2) is 11.4. The Balaban J connectivity index is 1.05. The predicted molar refractivity (Wildman–Crippen MR) is 167 cm³/mol. The van der Waals surface area contributed by atoms with Crippen LogP contribution in [0.5, 0.6) is 0 Å². The normalized spacial score (nSPS) is 28.0. The molecule has 1 amide bonds. The molecule has 1 N–H and O–H groups in total. The Labute approximate surface area is 255 Å². The summed E-state index contributed by atoms with van der Waals surface area (Å²) in [5.74, 6) is -0.164. The largest absolute Gasteiger partial charge is 0.330 e.